The van der Waals surface area contributed by atoms with Crippen LogP contribution in [0.1, 0.15) is 15.9 Å². The first-order valence-electron chi connectivity index (χ1n) is 8.98. The Morgan fingerprint density at radius 1 is 1.04 bits per heavy atom. The number of methoxy groups -OCH3 is 2. The Bertz CT molecular complexity index is 840. The maximum Gasteiger partial charge on any atom is 0.269 e. The Hall–Kier alpha value is -3.13. The maximum atomic E-state index is 12.8. The predicted molar refractivity (Wildman–Crippen MR) is 104 cm³/mol. The Morgan fingerprint density at radius 3 is 2.25 bits per heavy atom. The quantitative estimate of drug-likeness (QED) is 0.561. The van der Waals surface area contributed by atoms with Gasteiger partial charge in [-0.25, -0.2) is 0 Å². The second-order valence-corrected chi connectivity index (χ2v) is 6.60. The summed E-state index contributed by atoms with van der Waals surface area (Å²) in [4.78, 5) is 27.4. The Kier molecular flexibility index (Phi) is 6.10. The zero-order valence-corrected chi connectivity index (χ0v) is 16.0. The maximum absolute atomic E-state index is 12.8. The molecule has 28 heavy (non-hydrogen) atoms. The van der Waals surface area contributed by atoms with E-state index in [1.54, 1.807) is 49.5 Å². The molecule has 1 amide bonds. The first-order valence-corrected chi connectivity index (χ1v) is 8.98. The number of carbonyl (C=O) groups is 1. The monoisotopic (exact) mass is 385 g/mol. The van der Waals surface area contributed by atoms with Crippen molar-refractivity contribution in [3.8, 4) is 11.5 Å². The highest BCUT2D eigenvalue weighted by Crippen LogP contribution is 2.24. The molecule has 2 aromatic carbocycles. The van der Waals surface area contributed by atoms with E-state index >= 15 is 0 Å². The van der Waals surface area contributed by atoms with Gasteiger partial charge in [0.25, 0.3) is 11.6 Å². The van der Waals surface area contributed by atoms with Gasteiger partial charge in [-0.3, -0.25) is 19.8 Å². The number of piperazine rings is 1. The molecular weight excluding hydrogens is 362 g/mol. The van der Waals surface area contributed by atoms with Crippen molar-refractivity contribution >= 4 is 11.6 Å². The molecule has 0 unspecified atom stereocenters. The third kappa shape index (κ3) is 4.58. The number of non-ortho nitro benzene ring substituents is 1. The van der Waals surface area contributed by atoms with Gasteiger partial charge in [0.1, 0.15) is 11.5 Å². The average molecular weight is 385 g/mol. The lowest BCUT2D eigenvalue weighted by Crippen LogP contribution is -2.48. The predicted octanol–water partition coefficient (Wildman–Crippen LogP) is 2.57. The fourth-order valence-corrected chi connectivity index (χ4v) is 3.25. The molecule has 1 aliphatic heterocycles. The van der Waals surface area contributed by atoms with Gasteiger partial charge in [-0.05, 0) is 17.7 Å². The van der Waals surface area contributed by atoms with Gasteiger partial charge >= 0.3 is 0 Å². The minimum Gasteiger partial charge on any atom is -0.497 e. The molecular formula is C20H23N3O5. The largest absolute Gasteiger partial charge is 0.497 e. The molecule has 3 rings (SSSR count). The van der Waals surface area contributed by atoms with E-state index in [1.165, 1.54) is 6.07 Å². The molecule has 148 valence electrons. The average Bonchev–Trinajstić information content (AvgIpc) is 2.73. The number of nitro groups is 1. The highest BCUT2D eigenvalue weighted by atomic mass is 16.6. The fourth-order valence-electron chi connectivity index (χ4n) is 3.25. The van der Waals surface area contributed by atoms with E-state index in [-0.39, 0.29) is 16.5 Å². The normalized spacial score (nSPS) is 14.6. The number of rotatable bonds is 6. The molecule has 1 heterocycles. The summed E-state index contributed by atoms with van der Waals surface area (Å²) in [5.41, 5.74) is 1.52. The third-order valence-electron chi connectivity index (χ3n) is 4.79. The molecule has 8 nitrogen and oxygen atoms in total. The first kappa shape index (κ1) is 19.6. The lowest BCUT2D eigenvalue weighted by Gasteiger charge is -2.34. The minimum atomic E-state index is -0.386. The third-order valence-corrected chi connectivity index (χ3v) is 4.79. The van der Waals surface area contributed by atoms with Crippen molar-refractivity contribution in [2.24, 2.45) is 0 Å². The van der Waals surface area contributed by atoms with E-state index in [4.69, 9.17) is 9.47 Å². The van der Waals surface area contributed by atoms with E-state index in [1.807, 2.05) is 6.07 Å². The van der Waals surface area contributed by atoms with Gasteiger partial charge in [-0.2, -0.15) is 0 Å². The van der Waals surface area contributed by atoms with Crippen molar-refractivity contribution in [1.29, 1.82) is 0 Å². The van der Waals surface area contributed by atoms with Crippen LogP contribution in [0.25, 0.3) is 0 Å². The smallest absolute Gasteiger partial charge is 0.269 e. The van der Waals surface area contributed by atoms with Gasteiger partial charge in [0.05, 0.1) is 19.1 Å². The van der Waals surface area contributed by atoms with E-state index in [2.05, 4.69) is 4.90 Å². The van der Waals surface area contributed by atoms with Crippen molar-refractivity contribution in [3.63, 3.8) is 0 Å². The van der Waals surface area contributed by atoms with Gasteiger partial charge in [-0.1, -0.05) is 12.1 Å². The Labute approximate surface area is 163 Å². The van der Waals surface area contributed by atoms with E-state index in [0.29, 0.717) is 49.8 Å². The SMILES string of the molecule is COc1cc(OC)cc(C(=O)N2CCN(Cc3cccc([N+](=O)[O-])c3)CC2)c1. The highest BCUT2D eigenvalue weighted by molar-refractivity contribution is 5.95. The Balaban J connectivity index is 1.61. The molecule has 0 N–H and O–H groups in total. The molecule has 0 bridgehead atoms. The van der Waals surface area contributed by atoms with Gasteiger partial charge in [0.15, 0.2) is 0 Å². The van der Waals surface area contributed by atoms with Crippen LogP contribution in [0.4, 0.5) is 5.69 Å². The van der Waals surface area contributed by atoms with Gasteiger partial charge in [0, 0.05) is 56.5 Å². The number of carbonyl (C=O) groups excluding carboxylic acids is 1. The first-order chi connectivity index (χ1) is 13.5. The standard InChI is InChI=1S/C20H23N3O5/c1-27-18-11-16(12-19(13-18)28-2)20(24)22-8-6-21(7-9-22)14-15-4-3-5-17(10-15)23(25)26/h3-5,10-13H,6-9,14H2,1-2H3. The summed E-state index contributed by atoms with van der Waals surface area (Å²) in [7, 11) is 3.10. The van der Waals surface area contributed by atoms with Gasteiger partial charge in [-0.15, -0.1) is 0 Å². The van der Waals surface area contributed by atoms with E-state index in [0.717, 1.165) is 5.56 Å². The summed E-state index contributed by atoms with van der Waals surface area (Å²) in [6.45, 7) is 3.21. The van der Waals surface area contributed by atoms with Crippen LogP contribution in [-0.2, 0) is 6.54 Å². The summed E-state index contributed by atoms with van der Waals surface area (Å²) in [5, 5.41) is 10.9. The molecule has 8 heteroatoms. The number of ether oxygens (including phenoxy) is 2. The summed E-state index contributed by atoms with van der Waals surface area (Å²) in [5.74, 6) is 1.09. The number of amides is 1. The number of nitrogens with zero attached hydrogens (tertiary/aromatic N) is 3. The molecule has 0 aromatic heterocycles. The number of hydrogen-bond acceptors (Lipinski definition) is 6. The summed E-state index contributed by atoms with van der Waals surface area (Å²) in [6.07, 6.45) is 0. The molecule has 1 fully saturated rings. The molecule has 0 aliphatic carbocycles. The van der Waals surface area contributed by atoms with E-state index in [9.17, 15) is 14.9 Å². The van der Waals surface area contributed by atoms with Crippen LogP contribution in [0.5, 0.6) is 11.5 Å². The number of nitro benzene ring substituents is 1. The van der Waals surface area contributed by atoms with Gasteiger partial charge in [0.2, 0.25) is 0 Å². The zero-order valence-electron chi connectivity index (χ0n) is 16.0. The van der Waals surface area contributed by atoms with Crippen molar-refractivity contribution in [3.05, 3.63) is 63.7 Å². The number of benzene rings is 2. The van der Waals surface area contributed by atoms with Crippen molar-refractivity contribution in [1.82, 2.24) is 9.80 Å². The van der Waals surface area contributed by atoms with Crippen molar-refractivity contribution in [2.75, 3.05) is 40.4 Å². The molecule has 1 aliphatic rings. The topological polar surface area (TPSA) is 85.2 Å². The van der Waals surface area contributed by atoms with Crippen LogP contribution in [0.15, 0.2) is 42.5 Å². The van der Waals surface area contributed by atoms with Crippen LogP contribution in [0.2, 0.25) is 0 Å². The summed E-state index contributed by atoms with van der Waals surface area (Å²) >= 11 is 0. The van der Waals surface area contributed by atoms with Crippen LogP contribution >= 0.6 is 0 Å². The second-order valence-electron chi connectivity index (χ2n) is 6.60. The summed E-state index contributed by atoms with van der Waals surface area (Å²) in [6, 6.07) is 11.8. The van der Waals surface area contributed by atoms with Gasteiger partial charge < -0.3 is 14.4 Å². The second kappa shape index (κ2) is 8.71. The van der Waals surface area contributed by atoms with Crippen LogP contribution in [0.3, 0.4) is 0 Å². The molecule has 2 aromatic rings. The van der Waals surface area contributed by atoms with Crippen molar-refractivity contribution in [2.45, 2.75) is 6.54 Å². The lowest BCUT2D eigenvalue weighted by molar-refractivity contribution is -0.384. The van der Waals surface area contributed by atoms with E-state index < -0.39 is 0 Å². The molecule has 0 saturated carbocycles. The van der Waals surface area contributed by atoms with Crippen LogP contribution < -0.4 is 9.47 Å². The number of hydrogen-bond donors (Lipinski definition) is 0. The van der Waals surface area contributed by atoms with Crippen LogP contribution in [0, 0.1) is 10.1 Å². The molecule has 1 saturated heterocycles. The minimum absolute atomic E-state index is 0.0628. The molecule has 0 spiro atoms. The Morgan fingerprint density at radius 2 is 1.68 bits per heavy atom. The molecule has 0 atom stereocenters. The highest BCUT2D eigenvalue weighted by Gasteiger charge is 2.23. The fraction of sp³-hybridized carbons (Fsp3) is 0.350. The molecule has 0 radical (unpaired) electrons. The zero-order chi connectivity index (χ0) is 20.1. The lowest BCUT2D eigenvalue weighted by atomic mass is 10.1. The summed E-state index contributed by atoms with van der Waals surface area (Å²) < 4.78 is 10.5. The van der Waals surface area contributed by atoms with Crippen LogP contribution in [-0.4, -0.2) is 61.0 Å². The van der Waals surface area contributed by atoms with Crippen molar-refractivity contribution < 1.29 is 19.2 Å².